The first-order valence-corrected chi connectivity index (χ1v) is 12.0. The molecule has 0 aliphatic carbocycles. The van der Waals surface area contributed by atoms with Crippen molar-refractivity contribution in [2.75, 3.05) is 25.0 Å². The third-order valence-corrected chi connectivity index (χ3v) is 6.73. The number of likely N-dealkylation sites (N-methyl/N-ethyl adjacent to an activating group) is 1. The smallest absolute Gasteiger partial charge is 0.254 e. The summed E-state index contributed by atoms with van der Waals surface area (Å²) < 4.78 is 0. The van der Waals surface area contributed by atoms with Crippen molar-refractivity contribution < 1.29 is 14.4 Å². The largest absolute Gasteiger partial charge is 0.342 e. The zero-order valence-corrected chi connectivity index (χ0v) is 19.7. The van der Waals surface area contributed by atoms with Gasteiger partial charge in [-0.1, -0.05) is 36.4 Å². The van der Waals surface area contributed by atoms with Crippen LogP contribution in [0.3, 0.4) is 0 Å². The second-order valence-electron chi connectivity index (χ2n) is 8.90. The first-order chi connectivity index (χ1) is 16.5. The summed E-state index contributed by atoms with van der Waals surface area (Å²) >= 11 is 0. The number of benzene rings is 2. The topological polar surface area (TPSA) is 93.8 Å². The Kier molecular flexibility index (Phi) is 7.59. The molecule has 4 rings (SSSR count). The predicted molar refractivity (Wildman–Crippen MR) is 132 cm³/mol. The Morgan fingerprint density at radius 2 is 1.62 bits per heavy atom. The van der Waals surface area contributed by atoms with E-state index in [1.54, 1.807) is 23.8 Å². The monoisotopic (exact) mass is 463 g/mol. The molecule has 34 heavy (non-hydrogen) atoms. The minimum absolute atomic E-state index is 0.0382. The van der Waals surface area contributed by atoms with Crippen LogP contribution in [0.2, 0.25) is 0 Å². The van der Waals surface area contributed by atoms with E-state index in [1.807, 2.05) is 60.7 Å². The van der Waals surface area contributed by atoms with Gasteiger partial charge in [-0.25, -0.2) is 0 Å². The molecular formula is C26H33N5O3. The number of fused-ring (bicyclic) bond motifs is 1. The molecule has 4 atom stereocenters. The van der Waals surface area contributed by atoms with Crippen LogP contribution in [0.25, 0.3) is 0 Å². The van der Waals surface area contributed by atoms with Gasteiger partial charge in [-0.2, -0.15) is 0 Å². The quantitative estimate of drug-likeness (QED) is 0.608. The second kappa shape index (κ2) is 10.8. The number of nitrogens with one attached hydrogen (secondary N) is 3. The summed E-state index contributed by atoms with van der Waals surface area (Å²) in [7, 11) is 1.70. The summed E-state index contributed by atoms with van der Waals surface area (Å²) in [5.41, 5.74) is 1.52. The van der Waals surface area contributed by atoms with Gasteiger partial charge in [-0.15, -0.1) is 0 Å². The summed E-state index contributed by atoms with van der Waals surface area (Å²) in [4.78, 5) is 43.7. The number of para-hydroxylation sites is 2. The molecule has 2 heterocycles. The highest BCUT2D eigenvalue weighted by atomic mass is 16.2. The molecule has 3 amide bonds. The molecule has 8 nitrogen and oxygen atoms in total. The highest BCUT2D eigenvalue weighted by Gasteiger charge is 2.45. The zero-order chi connectivity index (χ0) is 24.1. The van der Waals surface area contributed by atoms with E-state index in [1.165, 1.54) is 0 Å². The van der Waals surface area contributed by atoms with Crippen LogP contribution in [0, 0.1) is 0 Å². The van der Waals surface area contributed by atoms with Gasteiger partial charge >= 0.3 is 0 Å². The summed E-state index contributed by atoms with van der Waals surface area (Å²) in [6.07, 6.45) is 2.13. The first kappa shape index (κ1) is 23.9. The molecule has 2 aliphatic rings. The highest BCUT2D eigenvalue weighted by Crippen LogP contribution is 2.33. The molecule has 0 unspecified atom stereocenters. The molecule has 8 heteroatoms. The minimum Gasteiger partial charge on any atom is -0.342 e. The lowest BCUT2D eigenvalue weighted by atomic mass is 10.1. The van der Waals surface area contributed by atoms with Crippen molar-refractivity contribution >= 4 is 29.1 Å². The Morgan fingerprint density at radius 3 is 2.21 bits per heavy atom. The van der Waals surface area contributed by atoms with Gasteiger partial charge in [0.25, 0.3) is 5.91 Å². The van der Waals surface area contributed by atoms with E-state index in [2.05, 4.69) is 16.0 Å². The molecule has 0 aromatic heterocycles. The van der Waals surface area contributed by atoms with E-state index in [-0.39, 0.29) is 23.8 Å². The van der Waals surface area contributed by atoms with Crippen molar-refractivity contribution in [3.05, 3.63) is 60.7 Å². The third-order valence-electron chi connectivity index (χ3n) is 6.73. The average Bonchev–Trinajstić information content (AvgIpc) is 3.28. The third kappa shape index (κ3) is 4.98. The van der Waals surface area contributed by atoms with Gasteiger partial charge < -0.3 is 20.9 Å². The van der Waals surface area contributed by atoms with Crippen molar-refractivity contribution in [1.29, 1.82) is 0 Å². The van der Waals surface area contributed by atoms with Crippen LogP contribution in [0.1, 0.15) is 26.2 Å². The van der Waals surface area contributed by atoms with Crippen molar-refractivity contribution in [2.45, 2.75) is 50.4 Å². The van der Waals surface area contributed by atoms with Crippen molar-refractivity contribution in [2.24, 2.45) is 0 Å². The lowest BCUT2D eigenvalue weighted by Crippen LogP contribution is -2.61. The molecule has 2 fully saturated rings. The number of carbonyl (C=O) groups excluding carboxylic acids is 3. The van der Waals surface area contributed by atoms with E-state index in [0.29, 0.717) is 13.0 Å². The molecule has 2 saturated heterocycles. The van der Waals surface area contributed by atoms with Crippen LogP contribution in [-0.4, -0.2) is 66.9 Å². The second-order valence-corrected chi connectivity index (χ2v) is 8.90. The number of nitrogens with zero attached hydrogens (tertiary/aromatic N) is 2. The van der Waals surface area contributed by atoms with Crippen molar-refractivity contribution in [1.82, 2.24) is 20.9 Å². The molecule has 0 spiro atoms. The van der Waals surface area contributed by atoms with E-state index < -0.39 is 18.1 Å². The Morgan fingerprint density at radius 1 is 1.00 bits per heavy atom. The Balaban J connectivity index is 1.64. The SMILES string of the molecule is CN[C@@H](C)C(=O)N[C@H]1CNCC[C@H]2CC[C@@H](C(=O)N(c3ccccc3)c3ccccc3)N2C1=O. The summed E-state index contributed by atoms with van der Waals surface area (Å²) in [5.74, 6) is -0.571. The van der Waals surface area contributed by atoms with E-state index >= 15 is 0 Å². The van der Waals surface area contributed by atoms with Crippen LogP contribution in [-0.2, 0) is 14.4 Å². The Bertz CT molecular complexity index is 961. The molecule has 2 aromatic rings. The number of hydrogen-bond acceptors (Lipinski definition) is 5. The van der Waals surface area contributed by atoms with Gasteiger partial charge in [-0.05, 0) is 64.0 Å². The van der Waals surface area contributed by atoms with Gasteiger partial charge in [0.15, 0.2) is 0 Å². The number of rotatable bonds is 6. The highest BCUT2D eigenvalue weighted by molar-refractivity contribution is 6.05. The molecule has 0 saturated carbocycles. The van der Waals surface area contributed by atoms with E-state index in [4.69, 9.17) is 0 Å². The lowest BCUT2D eigenvalue weighted by molar-refractivity contribution is -0.143. The summed E-state index contributed by atoms with van der Waals surface area (Å²) in [6, 6.07) is 17.3. The lowest BCUT2D eigenvalue weighted by Gasteiger charge is -2.37. The van der Waals surface area contributed by atoms with Crippen LogP contribution < -0.4 is 20.9 Å². The normalized spacial score (nSPS) is 23.4. The molecule has 2 aliphatic heterocycles. The standard InChI is InChI=1S/C26H33N5O3/c1-18(27-2)24(32)29-22-17-28-16-15-21-13-14-23(31(21)25(22)33)26(34)30(19-9-5-3-6-10-19)20-11-7-4-8-12-20/h3-12,18,21-23,27-28H,13-17H2,1-2H3,(H,29,32)/t18-,21+,22-,23-/m0/s1. The first-order valence-electron chi connectivity index (χ1n) is 12.0. The number of anilines is 2. The summed E-state index contributed by atoms with van der Waals surface area (Å²) in [6.45, 7) is 2.81. The van der Waals surface area contributed by atoms with E-state index in [9.17, 15) is 14.4 Å². The molecule has 180 valence electrons. The fraction of sp³-hybridized carbons (Fsp3) is 0.423. The van der Waals surface area contributed by atoms with Crippen LogP contribution in [0.4, 0.5) is 11.4 Å². The fourth-order valence-electron chi connectivity index (χ4n) is 4.77. The molecular weight excluding hydrogens is 430 g/mol. The Labute approximate surface area is 200 Å². The molecule has 3 N–H and O–H groups in total. The van der Waals surface area contributed by atoms with Crippen LogP contribution >= 0.6 is 0 Å². The van der Waals surface area contributed by atoms with Crippen molar-refractivity contribution in [3.8, 4) is 0 Å². The average molecular weight is 464 g/mol. The molecule has 0 bridgehead atoms. The van der Waals surface area contributed by atoms with Gasteiger partial charge in [0, 0.05) is 24.0 Å². The minimum atomic E-state index is -0.721. The van der Waals surface area contributed by atoms with Gasteiger partial charge in [-0.3, -0.25) is 19.3 Å². The maximum absolute atomic E-state index is 14.0. The Hall–Kier alpha value is -3.23. The molecule has 2 aromatic carbocycles. The summed E-state index contributed by atoms with van der Waals surface area (Å²) in [5, 5.41) is 9.06. The van der Waals surface area contributed by atoms with Crippen LogP contribution in [0.15, 0.2) is 60.7 Å². The zero-order valence-electron chi connectivity index (χ0n) is 19.7. The number of carbonyl (C=O) groups is 3. The van der Waals surface area contributed by atoms with Crippen molar-refractivity contribution in [3.63, 3.8) is 0 Å². The van der Waals surface area contributed by atoms with Gasteiger partial charge in [0.1, 0.15) is 12.1 Å². The molecule has 0 radical (unpaired) electrons. The number of amides is 3. The fourth-order valence-corrected chi connectivity index (χ4v) is 4.77. The number of hydrogen-bond donors (Lipinski definition) is 3. The maximum atomic E-state index is 14.0. The van der Waals surface area contributed by atoms with E-state index in [0.717, 1.165) is 30.8 Å². The predicted octanol–water partition coefficient (Wildman–Crippen LogP) is 1.80. The van der Waals surface area contributed by atoms with Gasteiger partial charge in [0.05, 0.1) is 6.04 Å². The maximum Gasteiger partial charge on any atom is 0.254 e. The van der Waals surface area contributed by atoms with Crippen LogP contribution in [0.5, 0.6) is 0 Å². The van der Waals surface area contributed by atoms with Gasteiger partial charge in [0.2, 0.25) is 11.8 Å².